The molecule has 2 heterocycles. The minimum Gasteiger partial charge on any atom is -0.463 e. The number of nitrogens with one attached hydrogen (secondary N) is 1. The van der Waals surface area contributed by atoms with Gasteiger partial charge in [-0.3, -0.25) is 4.79 Å². The van der Waals surface area contributed by atoms with Crippen LogP contribution in [0.1, 0.15) is 40.9 Å². The highest BCUT2D eigenvalue weighted by molar-refractivity contribution is 5.96. The van der Waals surface area contributed by atoms with Crippen LogP contribution in [0.15, 0.2) is 65.3 Å². The molecule has 0 spiro atoms. The second kappa shape index (κ2) is 6.20. The summed E-state index contributed by atoms with van der Waals surface area (Å²) in [6.07, 6.45) is 4.69. The molecule has 0 radical (unpaired) electrons. The molecular weight excluding hydrogens is 312 g/mol. The SMILES string of the molecule is Cc1nc(-c2ccco2)ccc1C(=O)NC1(c2ccccc2)CCC1. The van der Waals surface area contributed by atoms with E-state index in [1.165, 1.54) is 5.56 Å². The number of amides is 1. The molecule has 1 aromatic carbocycles. The number of hydrogen-bond donors (Lipinski definition) is 1. The van der Waals surface area contributed by atoms with E-state index in [0.29, 0.717) is 17.0 Å². The van der Waals surface area contributed by atoms with Gasteiger partial charge in [-0.2, -0.15) is 0 Å². The van der Waals surface area contributed by atoms with Crippen LogP contribution in [-0.2, 0) is 5.54 Å². The average molecular weight is 332 g/mol. The van der Waals surface area contributed by atoms with Crippen LogP contribution >= 0.6 is 0 Å². The molecule has 0 saturated heterocycles. The van der Waals surface area contributed by atoms with E-state index in [9.17, 15) is 4.79 Å². The molecule has 1 saturated carbocycles. The minimum atomic E-state index is -0.246. The Morgan fingerprint density at radius 1 is 1.08 bits per heavy atom. The fourth-order valence-electron chi connectivity index (χ4n) is 3.42. The average Bonchev–Trinajstić information content (AvgIpc) is 3.13. The number of rotatable bonds is 4. The summed E-state index contributed by atoms with van der Waals surface area (Å²) < 4.78 is 5.38. The quantitative estimate of drug-likeness (QED) is 0.767. The highest BCUT2D eigenvalue weighted by atomic mass is 16.3. The van der Waals surface area contributed by atoms with Gasteiger partial charge in [0.1, 0.15) is 5.69 Å². The van der Waals surface area contributed by atoms with Crippen molar-refractivity contribution in [1.29, 1.82) is 0 Å². The topological polar surface area (TPSA) is 55.1 Å². The third kappa shape index (κ3) is 2.84. The van der Waals surface area contributed by atoms with Crippen LogP contribution in [0.4, 0.5) is 0 Å². The second-order valence-corrected chi connectivity index (χ2v) is 6.56. The summed E-state index contributed by atoms with van der Waals surface area (Å²) in [5, 5.41) is 3.26. The van der Waals surface area contributed by atoms with Crippen molar-refractivity contribution < 1.29 is 9.21 Å². The van der Waals surface area contributed by atoms with Crippen molar-refractivity contribution in [2.24, 2.45) is 0 Å². The molecule has 4 nitrogen and oxygen atoms in total. The second-order valence-electron chi connectivity index (χ2n) is 6.56. The molecular formula is C21H20N2O2. The van der Waals surface area contributed by atoms with Crippen molar-refractivity contribution in [3.8, 4) is 11.5 Å². The molecule has 1 fully saturated rings. The first-order chi connectivity index (χ1) is 12.2. The number of hydrogen-bond acceptors (Lipinski definition) is 3. The number of carbonyl (C=O) groups is 1. The highest BCUT2D eigenvalue weighted by Gasteiger charge is 2.40. The Balaban J connectivity index is 1.59. The molecule has 0 aliphatic heterocycles. The van der Waals surface area contributed by atoms with Crippen molar-refractivity contribution in [2.45, 2.75) is 31.7 Å². The first-order valence-electron chi connectivity index (χ1n) is 8.57. The molecule has 1 aliphatic carbocycles. The Hall–Kier alpha value is -2.88. The number of carbonyl (C=O) groups excluding carboxylic acids is 1. The number of aromatic nitrogens is 1. The molecule has 4 rings (SSSR count). The number of aryl methyl sites for hydroxylation is 1. The summed E-state index contributed by atoms with van der Waals surface area (Å²) in [6.45, 7) is 1.86. The number of benzene rings is 1. The van der Waals surface area contributed by atoms with E-state index in [2.05, 4.69) is 22.4 Å². The van der Waals surface area contributed by atoms with Crippen LogP contribution in [-0.4, -0.2) is 10.9 Å². The molecule has 25 heavy (non-hydrogen) atoms. The van der Waals surface area contributed by atoms with Crippen LogP contribution in [0.25, 0.3) is 11.5 Å². The molecule has 4 heteroatoms. The summed E-state index contributed by atoms with van der Waals surface area (Å²) in [4.78, 5) is 17.4. The minimum absolute atomic E-state index is 0.0699. The van der Waals surface area contributed by atoms with Crippen molar-refractivity contribution in [2.75, 3.05) is 0 Å². The molecule has 126 valence electrons. The lowest BCUT2D eigenvalue weighted by Gasteiger charge is -2.43. The fourth-order valence-corrected chi connectivity index (χ4v) is 3.42. The van der Waals surface area contributed by atoms with Crippen molar-refractivity contribution in [3.05, 3.63) is 77.7 Å². The van der Waals surface area contributed by atoms with Crippen molar-refractivity contribution >= 4 is 5.91 Å². The Kier molecular flexibility index (Phi) is 3.88. The Labute approximate surface area is 146 Å². The van der Waals surface area contributed by atoms with E-state index >= 15 is 0 Å². The van der Waals surface area contributed by atoms with Crippen LogP contribution in [0.2, 0.25) is 0 Å². The summed E-state index contributed by atoms with van der Waals surface area (Å²) >= 11 is 0. The van der Waals surface area contributed by atoms with Gasteiger partial charge in [-0.05, 0) is 56.0 Å². The van der Waals surface area contributed by atoms with Gasteiger partial charge >= 0.3 is 0 Å². The normalized spacial score (nSPS) is 15.4. The lowest BCUT2D eigenvalue weighted by molar-refractivity contribution is 0.0822. The first-order valence-corrected chi connectivity index (χ1v) is 8.57. The Morgan fingerprint density at radius 2 is 1.88 bits per heavy atom. The largest absolute Gasteiger partial charge is 0.463 e. The molecule has 1 amide bonds. The summed E-state index contributed by atoms with van der Waals surface area (Å²) in [7, 11) is 0. The summed E-state index contributed by atoms with van der Waals surface area (Å²) in [6, 6.07) is 17.6. The molecule has 0 unspecified atom stereocenters. The van der Waals surface area contributed by atoms with E-state index in [4.69, 9.17) is 4.42 Å². The number of pyridine rings is 1. The molecule has 1 aliphatic rings. The predicted molar refractivity (Wildman–Crippen MR) is 96.1 cm³/mol. The van der Waals surface area contributed by atoms with Gasteiger partial charge in [0.05, 0.1) is 23.1 Å². The van der Waals surface area contributed by atoms with Crippen molar-refractivity contribution in [1.82, 2.24) is 10.3 Å². The van der Waals surface area contributed by atoms with Crippen molar-refractivity contribution in [3.63, 3.8) is 0 Å². The monoisotopic (exact) mass is 332 g/mol. The summed E-state index contributed by atoms with van der Waals surface area (Å²) in [5.74, 6) is 0.634. The van der Waals surface area contributed by atoms with Gasteiger partial charge in [-0.1, -0.05) is 30.3 Å². The lowest BCUT2D eigenvalue weighted by atomic mass is 9.71. The van der Waals surface area contributed by atoms with Gasteiger partial charge in [0.2, 0.25) is 0 Å². The molecule has 0 bridgehead atoms. The van der Waals surface area contributed by atoms with E-state index in [1.807, 2.05) is 49.4 Å². The standard InChI is InChI=1S/C21H20N2O2/c1-15-17(10-11-18(22-15)19-9-5-14-25-19)20(24)23-21(12-6-13-21)16-7-3-2-4-8-16/h2-5,7-11,14H,6,12-13H2,1H3,(H,23,24). The molecule has 2 aromatic heterocycles. The maximum Gasteiger partial charge on any atom is 0.253 e. The predicted octanol–water partition coefficient (Wildman–Crippen LogP) is 4.46. The van der Waals surface area contributed by atoms with Crippen LogP contribution in [0.3, 0.4) is 0 Å². The number of furan rings is 1. The first kappa shape index (κ1) is 15.6. The van der Waals surface area contributed by atoms with Gasteiger partial charge in [0, 0.05) is 0 Å². The molecule has 1 N–H and O–H groups in total. The van der Waals surface area contributed by atoms with Gasteiger partial charge in [-0.15, -0.1) is 0 Å². The highest BCUT2D eigenvalue weighted by Crippen LogP contribution is 2.41. The van der Waals surface area contributed by atoms with Gasteiger partial charge in [0.15, 0.2) is 5.76 Å². The van der Waals surface area contributed by atoms with E-state index in [0.717, 1.165) is 25.0 Å². The maximum absolute atomic E-state index is 12.9. The summed E-state index contributed by atoms with van der Waals surface area (Å²) in [5.41, 5.74) is 2.98. The van der Waals surface area contributed by atoms with Crippen LogP contribution in [0.5, 0.6) is 0 Å². The van der Waals surface area contributed by atoms with Gasteiger partial charge in [0.25, 0.3) is 5.91 Å². The van der Waals surface area contributed by atoms with E-state index < -0.39 is 0 Å². The molecule has 0 atom stereocenters. The molecule has 3 aromatic rings. The zero-order valence-corrected chi connectivity index (χ0v) is 14.2. The lowest BCUT2D eigenvalue weighted by Crippen LogP contribution is -2.50. The van der Waals surface area contributed by atoms with Gasteiger partial charge in [-0.25, -0.2) is 4.98 Å². The van der Waals surface area contributed by atoms with Gasteiger partial charge < -0.3 is 9.73 Å². The Bertz CT molecular complexity index is 882. The fraction of sp³-hybridized carbons (Fsp3) is 0.238. The maximum atomic E-state index is 12.9. The smallest absolute Gasteiger partial charge is 0.253 e. The zero-order valence-electron chi connectivity index (χ0n) is 14.2. The number of nitrogens with zero attached hydrogens (tertiary/aromatic N) is 1. The third-order valence-corrected chi connectivity index (χ3v) is 4.99. The zero-order chi connectivity index (χ0) is 17.3. The third-order valence-electron chi connectivity index (χ3n) is 4.99. The Morgan fingerprint density at radius 3 is 2.48 bits per heavy atom. The van der Waals surface area contributed by atoms with Crippen LogP contribution < -0.4 is 5.32 Å². The van der Waals surface area contributed by atoms with E-state index in [-0.39, 0.29) is 11.4 Å². The van der Waals surface area contributed by atoms with E-state index in [1.54, 1.807) is 6.26 Å². The van der Waals surface area contributed by atoms with Crippen LogP contribution in [0, 0.1) is 6.92 Å².